The van der Waals surface area contributed by atoms with Crippen LogP contribution in [0.3, 0.4) is 0 Å². The normalized spacial score (nSPS) is 10.1. The third-order valence-electron chi connectivity index (χ3n) is 1.82. The minimum atomic E-state index is -0.383. The number of nitrogens with one attached hydrogen (secondary N) is 1. The first-order chi connectivity index (χ1) is 7.65. The number of hydrogen-bond acceptors (Lipinski definition) is 4. The van der Waals surface area contributed by atoms with Gasteiger partial charge >= 0.3 is 0 Å². The molecule has 0 aliphatic carbocycles. The van der Waals surface area contributed by atoms with Crippen molar-refractivity contribution in [3.8, 4) is 0 Å². The van der Waals surface area contributed by atoms with E-state index in [0.717, 1.165) is 4.47 Å². The minimum Gasteiger partial charge on any atom is -0.436 e. The van der Waals surface area contributed by atoms with Gasteiger partial charge in [-0.1, -0.05) is 0 Å². The summed E-state index contributed by atoms with van der Waals surface area (Å²) in [6.45, 7) is 0. The fourth-order valence-corrected chi connectivity index (χ4v) is 1.34. The second-order valence-electron chi connectivity index (χ2n) is 3.02. The summed E-state index contributed by atoms with van der Waals surface area (Å²) >= 11 is 3.25. The van der Waals surface area contributed by atoms with Gasteiger partial charge in [0.15, 0.2) is 11.6 Å². The average Bonchev–Trinajstić information content (AvgIpc) is 2.68. The van der Waals surface area contributed by atoms with E-state index in [4.69, 9.17) is 10.2 Å². The molecule has 0 aromatic carbocycles. The van der Waals surface area contributed by atoms with E-state index in [2.05, 4.69) is 26.2 Å². The largest absolute Gasteiger partial charge is 0.436 e. The van der Waals surface area contributed by atoms with Crippen molar-refractivity contribution in [2.75, 3.05) is 11.1 Å². The van der Waals surface area contributed by atoms with Crippen molar-refractivity contribution < 1.29 is 9.21 Å². The Morgan fingerprint density at radius 1 is 1.38 bits per heavy atom. The van der Waals surface area contributed by atoms with Crippen molar-refractivity contribution in [1.82, 2.24) is 4.98 Å². The Kier molecular flexibility index (Phi) is 2.91. The highest BCUT2D eigenvalue weighted by Crippen LogP contribution is 2.13. The molecule has 0 spiro atoms. The van der Waals surface area contributed by atoms with Gasteiger partial charge in [-0.15, -0.1) is 0 Å². The van der Waals surface area contributed by atoms with Gasteiger partial charge in [0.05, 0.1) is 0 Å². The van der Waals surface area contributed by atoms with Gasteiger partial charge < -0.3 is 15.5 Å². The lowest BCUT2D eigenvalue weighted by molar-refractivity contribution is 0.0997. The van der Waals surface area contributed by atoms with E-state index in [1.54, 1.807) is 18.3 Å². The third-order valence-corrected chi connectivity index (χ3v) is 2.29. The zero-order valence-corrected chi connectivity index (χ0v) is 9.69. The first-order valence-corrected chi connectivity index (χ1v) is 5.22. The number of nitrogens with zero attached hydrogens (tertiary/aromatic N) is 1. The number of rotatable bonds is 2. The van der Waals surface area contributed by atoms with E-state index in [-0.39, 0.29) is 17.6 Å². The van der Waals surface area contributed by atoms with Crippen LogP contribution in [0.25, 0.3) is 0 Å². The number of aromatic nitrogens is 1. The maximum absolute atomic E-state index is 11.6. The van der Waals surface area contributed by atoms with Crippen LogP contribution >= 0.6 is 15.9 Å². The highest BCUT2D eigenvalue weighted by molar-refractivity contribution is 9.10. The van der Waals surface area contributed by atoms with Gasteiger partial charge in [-0.2, -0.15) is 0 Å². The lowest BCUT2D eigenvalue weighted by atomic mass is 10.4. The molecule has 0 bridgehead atoms. The van der Waals surface area contributed by atoms with E-state index < -0.39 is 0 Å². The highest BCUT2D eigenvalue weighted by Gasteiger charge is 2.10. The zero-order chi connectivity index (χ0) is 11.5. The molecule has 0 radical (unpaired) electrons. The Bertz CT molecular complexity index is 507. The molecule has 6 heteroatoms. The van der Waals surface area contributed by atoms with Gasteiger partial charge in [-0.05, 0) is 34.1 Å². The fourth-order valence-electron chi connectivity index (χ4n) is 1.10. The first-order valence-electron chi connectivity index (χ1n) is 4.43. The number of nitrogens with two attached hydrogens (primary N) is 1. The van der Waals surface area contributed by atoms with Crippen LogP contribution in [0.5, 0.6) is 0 Å². The Labute approximate surface area is 99.8 Å². The number of halogens is 1. The Morgan fingerprint density at radius 2 is 2.19 bits per heavy atom. The molecule has 0 saturated heterocycles. The zero-order valence-electron chi connectivity index (χ0n) is 8.11. The standard InChI is InChI=1S/C10H8BrN3O2/c11-6-1-4-9(13-5-6)14-10(15)7-2-3-8(12)16-7/h1-5H,12H2,(H,13,14,15). The molecular formula is C10H8BrN3O2. The molecular weight excluding hydrogens is 274 g/mol. The van der Waals surface area contributed by atoms with Gasteiger partial charge in [0, 0.05) is 16.7 Å². The van der Waals surface area contributed by atoms with Crippen LogP contribution in [0, 0.1) is 0 Å². The average molecular weight is 282 g/mol. The highest BCUT2D eigenvalue weighted by atomic mass is 79.9. The van der Waals surface area contributed by atoms with E-state index >= 15 is 0 Å². The number of pyridine rings is 1. The molecule has 5 nitrogen and oxygen atoms in total. The van der Waals surface area contributed by atoms with Crippen LogP contribution in [0.4, 0.5) is 11.7 Å². The summed E-state index contributed by atoms with van der Waals surface area (Å²) in [5.74, 6) is 0.422. The van der Waals surface area contributed by atoms with Crippen LogP contribution in [0.15, 0.2) is 39.4 Å². The van der Waals surface area contributed by atoms with Crippen LogP contribution in [-0.4, -0.2) is 10.9 Å². The molecule has 3 N–H and O–H groups in total. The summed E-state index contributed by atoms with van der Waals surface area (Å²) in [6.07, 6.45) is 1.59. The van der Waals surface area contributed by atoms with Gasteiger partial charge in [-0.25, -0.2) is 4.98 Å². The van der Waals surface area contributed by atoms with Gasteiger partial charge in [0.2, 0.25) is 0 Å². The number of nitrogen functional groups attached to an aromatic ring is 1. The van der Waals surface area contributed by atoms with Crippen LogP contribution in [0.1, 0.15) is 10.6 Å². The molecule has 0 aliphatic heterocycles. The SMILES string of the molecule is Nc1ccc(C(=O)Nc2ccc(Br)cn2)o1. The predicted molar refractivity (Wildman–Crippen MR) is 63.0 cm³/mol. The van der Waals surface area contributed by atoms with Crippen molar-refractivity contribution in [2.45, 2.75) is 0 Å². The van der Waals surface area contributed by atoms with Crippen molar-refractivity contribution in [3.63, 3.8) is 0 Å². The molecule has 0 fully saturated rings. The maximum Gasteiger partial charge on any atom is 0.292 e. The monoisotopic (exact) mass is 281 g/mol. The Morgan fingerprint density at radius 3 is 2.75 bits per heavy atom. The predicted octanol–water partition coefficient (Wildman–Crippen LogP) is 2.27. The number of furan rings is 1. The van der Waals surface area contributed by atoms with Crippen molar-refractivity contribution >= 4 is 33.5 Å². The quantitative estimate of drug-likeness (QED) is 0.885. The summed E-state index contributed by atoms with van der Waals surface area (Å²) in [4.78, 5) is 15.6. The molecule has 16 heavy (non-hydrogen) atoms. The van der Waals surface area contributed by atoms with Crippen LogP contribution in [0.2, 0.25) is 0 Å². The van der Waals surface area contributed by atoms with E-state index in [9.17, 15) is 4.79 Å². The Hall–Kier alpha value is -1.82. The van der Waals surface area contributed by atoms with Gasteiger partial charge in [0.25, 0.3) is 5.91 Å². The molecule has 2 rings (SSSR count). The molecule has 2 aromatic rings. The molecule has 82 valence electrons. The molecule has 0 atom stereocenters. The number of hydrogen-bond donors (Lipinski definition) is 2. The lowest BCUT2D eigenvalue weighted by Gasteiger charge is -2.01. The topological polar surface area (TPSA) is 81.2 Å². The fraction of sp³-hybridized carbons (Fsp3) is 0. The van der Waals surface area contributed by atoms with E-state index in [1.807, 2.05) is 0 Å². The Balaban J connectivity index is 2.10. The first kappa shape index (κ1) is 10.7. The van der Waals surface area contributed by atoms with Gasteiger partial charge in [0.1, 0.15) is 5.82 Å². The van der Waals surface area contributed by atoms with E-state index in [1.165, 1.54) is 12.1 Å². The lowest BCUT2D eigenvalue weighted by Crippen LogP contribution is -2.11. The summed E-state index contributed by atoms with van der Waals surface area (Å²) < 4.78 is 5.81. The maximum atomic E-state index is 11.6. The minimum absolute atomic E-state index is 0.155. The number of carbonyl (C=O) groups is 1. The number of anilines is 2. The summed E-state index contributed by atoms with van der Waals surface area (Å²) in [5.41, 5.74) is 5.36. The van der Waals surface area contributed by atoms with Crippen molar-refractivity contribution in [2.24, 2.45) is 0 Å². The number of carbonyl (C=O) groups excluding carboxylic acids is 1. The van der Waals surface area contributed by atoms with Crippen molar-refractivity contribution in [3.05, 3.63) is 40.7 Å². The molecule has 1 amide bonds. The summed E-state index contributed by atoms with van der Waals surface area (Å²) in [5, 5.41) is 2.58. The molecule has 0 aliphatic rings. The molecule has 2 heterocycles. The summed E-state index contributed by atoms with van der Waals surface area (Å²) in [6, 6.07) is 6.47. The smallest absolute Gasteiger partial charge is 0.292 e. The third kappa shape index (κ3) is 2.40. The second-order valence-corrected chi connectivity index (χ2v) is 3.93. The molecule has 0 saturated carbocycles. The number of amides is 1. The molecule has 2 aromatic heterocycles. The van der Waals surface area contributed by atoms with E-state index in [0.29, 0.717) is 5.82 Å². The second kappa shape index (κ2) is 4.36. The van der Waals surface area contributed by atoms with Gasteiger partial charge in [-0.3, -0.25) is 4.79 Å². The summed E-state index contributed by atoms with van der Waals surface area (Å²) in [7, 11) is 0. The van der Waals surface area contributed by atoms with Crippen LogP contribution in [-0.2, 0) is 0 Å². The van der Waals surface area contributed by atoms with Crippen molar-refractivity contribution in [1.29, 1.82) is 0 Å². The van der Waals surface area contributed by atoms with Crippen LogP contribution < -0.4 is 11.1 Å². The molecule has 0 unspecified atom stereocenters.